The molecular formula is C18H24Cl2FN3O3. The van der Waals surface area contributed by atoms with Gasteiger partial charge in [0.25, 0.3) is 5.91 Å². The van der Waals surface area contributed by atoms with Gasteiger partial charge < -0.3 is 20.3 Å². The van der Waals surface area contributed by atoms with Crippen LogP contribution in [-0.2, 0) is 9.53 Å². The molecule has 0 aromatic heterocycles. The molecule has 2 aliphatic heterocycles. The van der Waals surface area contributed by atoms with Crippen molar-refractivity contribution in [3.8, 4) is 0 Å². The van der Waals surface area contributed by atoms with E-state index in [0.717, 1.165) is 6.07 Å². The van der Waals surface area contributed by atoms with Crippen LogP contribution in [0.3, 0.4) is 0 Å². The average molecular weight is 420 g/mol. The third kappa shape index (κ3) is 4.54. The normalized spacial score (nSPS) is 19.4. The van der Waals surface area contributed by atoms with E-state index in [2.05, 4.69) is 0 Å². The molecule has 2 amide bonds. The summed E-state index contributed by atoms with van der Waals surface area (Å²) < 4.78 is 19.3. The van der Waals surface area contributed by atoms with Crippen LogP contribution >= 0.6 is 24.0 Å². The number of nitrogens with two attached hydrogens (primary N) is 1. The molecule has 0 atom stereocenters. The smallest absolute Gasteiger partial charge is 0.256 e. The van der Waals surface area contributed by atoms with Crippen molar-refractivity contribution in [1.82, 2.24) is 9.80 Å². The lowest BCUT2D eigenvalue weighted by atomic mass is 9.78. The van der Waals surface area contributed by atoms with Crippen LogP contribution in [0.1, 0.15) is 23.2 Å². The highest BCUT2D eigenvalue weighted by Gasteiger charge is 2.42. The molecule has 2 saturated heterocycles. The predicted molar refractivity (Wildman–Crippen MR) is 103 cm³/mol. The molecule has 0 radical (unpaired) electrons. The number of hydrogen-bond donors (Lipinski definition) is 1. The summed E-state index contributed by atoms with van der Waals surface area (Å²) in [7, 11) is 0. The Labute approximate surface area is 169 Å². The maximum absolute atomic E-state index is 14.0. The molecule has 0 bridgehead atoms. The Morgan fingerprint density at radius 1 is 1.15 bits per heavy atom. The predicted octanol–water partition coefficient (Wildman–Crippen LogP) is 1.94. The number of carbonyl (C=O) groups is 2. The zero-order valence-electron chi connectivity index (χ0n) is 15.0. The fourth-order valence-electron chi connectivity index (χ4n) is 3.55. The van der Waals surface area contributed by atoms with Gasteiger partial charge in [0.2, 0.25) is 5.91 Å². The van der Waals surface area contributed by atoms with Crippen molar-refractivity contribution in [3.05, 3.63) is 34.6 Å². The van der Waals surface area contributed by atoms with Gasteiger partial charge in [0.15, 0.2) is 0 Å². The fraction of sp³-hybridized carbons (Fsp3) is 0.556. The van der Waals surface area contributed by atoms with Crippen molar-refractivity contribution in [1.29, 1.82) is 0 Å². The minimum atomic E-state index is -0.634. The minimum Gasteiger partial charge on any atom is -0.381 e. The highest BCUT2D eigenvalue weighted by atomic mass is 35.5. The quantitative estimate of drug-likeness (QED) is 0.811. The summed E-state index contributed by atoms with van der Waals surface area (Å²) in [6.45, 7) is 2.94. The molecule has 1 aromatic carbocycles. The number of halogens is 3. The Kier molecular flexibility index (Phi) is 7.45. The molecular weight excluding hydrogens is 396 g/mol. The lowest BCUT2D eigenvalue weighted by molar-refractivity contribution is -0.148. The summed E-state index contributed by atoms with van der Waals surface area (Å²) in [6, 6.07) is 4.02. The van der Waals surface area contributed by atoms with E-state index in [-0.39, 0.29) is 34.8 Å². The molecule has 2 heterocycles. The van der Waals surface area contributed by atoms with Gasteiger partial charge in [-0.3, -0.25) is 9.59 Å². The number of ether oxygens (including phenoxy) is 1. The monoisotopic (exact) mass is 419 g/mol. The third-order valence-electron chi connectivity index (χ3n) is 5.31. The van der Waals surface area contributed by atoms with Gasteiger partial charge in [-0.2, -0.15) is 0 Å². The summed E-state index contributed by atoms with van der Waals surface area (Å²) >= 11 is 5.73. The van der Waals surface area contributed by atoms with Gasteiger partial charge in [-0.1, -0.05) is 11.6 Å². The van der Waals surface area contributed by atoms with Crippen molar-refractivity contribution in [3.63, 3.8) is 0 Å². The van der Waals surface area contributed by atoms with Crippen LogP contribution in [-0.4, -0.2) is 67.6 Å². The van der Waals surface area contributed by atoms with Crippen LogP contribution in [0.4, 0.5) is 4.39 Å². The molecule has 150 valence electrons. The van der Waals surface area contributed by atoms with E-state index in [4.69, 9.17) is 22.1 Å². The molecule has 1 aromatic rings. The van der Waals surface area contributed by atoms with Crippen molar-refractivity contribution in [2.75, 3.05) is 45.9 Å². The van der Waals surface area contributed by atoms with E-state index in [9.17, 15) is 14.0 Å². The molecule has 0 spiro atoms. The van der Waals surface area contributed by atoms with Gasteiger partial charge in [0.1, 0.15) is 5.82 Å². The Balaban J connectivity index is 0.00000261. The van der Waals surface area contributed by atoms with Gasteiger partial charge in [-0.05, 0) is 31.0 Å². The van der Waals surface area contributed by atoms with Crippen LogP contribution in [0.2, 0.25) is 5.02 Å². The van der Waals surface area contributed by atoms with E-state index >= 15 is 0 Å². The summed E-state index contributed by atoms with van der Waals surface area (Å²) in [5, 5.41) is 0.248. The van der Waals surface area contributed by atoms with Crippen molar-refractivity contribution < 1.29 is 18.7 Å². The van der Waals surface area contributed by atoms with Gasteiger partial charge in [0, 0.05) is 51.0 Å². The highest BCUT2D eigenvalue weighted by molar-refractivity contribution is 6.30. The first-order valence-corrected chi connectivity index (χ1v) is 9.16. The van der Waals surface area contributed by atoms with E-state index in [1.54, 1.807) is 9.80 Å². The molecule has 9 heteroatoms. The Morgan fingerprint density at radius 2 is 1.74 bits per heavy atom. The molecule has 6 nitrogen and oxygen atoms in total. The number of carbonyl (C=O) groups excluding carboxylic acids is 2. The zero-order valence-corrected chi connectivity index (χ0v) is 16.5. The number of piperazine rings is 1. The van der Waals surface area contributed by atoms with E-state index in [1.165, 1.54) is 12.1 Å². The second-order valence-corrected chi connectivity index (χ2v) is 7.24. The van der Waals surface area contributed by atoms with Crippen molar-refractivity contribution in [2.45, 2.75) is 12.8 Å². The van der Waals surface area contributed by atoms with Crippen LogP contribution in [0.5, 0.6) is 0 Å². The maximum Gasteiger partial charge on any atom is 0.256 e. The number of benzene rings is 1. The molecule has 0 saturated carbocycles. The average Bonchev–Trinajstić information content (AvgIpc) is 2.67. The number of nitrogens with zero attached hydrogens (tertiary/aromatic N) is 2. The van der Waals surface area contributed by atoms with Gasteiger partial charge in [-0.25, -0.2) is 4.39 Å². The van der Waals surface area contributed by atoms with Crippen molar-refractivity contribution in [2.24, 2.45) is 11.1 Å². The van der Waals surface area contributed by atoms with Crippen LogP contribution in [0.15, 0.2) is 18.2 Å². The zero-order chi connectivity index (χ0) is 18.7. The molecule has 3 rings (SSSR count). The fourth-order valence-corrected chi connectivity index (χ4v) is 3.71. The molecule has 2 N–H and O–H groups in total. The molecule has 2 aliphatic rings. The van der Waals surface area contributed by atoms with Gasteiger partial charge >= 0.3 is 0 Å². The first-order valence-electron chi connectivity index (χ1n) is 8.78. The van der Waals surface area contributed by atoms with Crippen LogP contribution in [0.25, 0.3) is 0 Å². The first-order chi connectivity index (χ1) is 12.5. The number of amides is 2. The Bertz CT molecular complexity index is 690. The Morgan fingerprint density at radius 3 is 2.30 bits per heavy atom. The van der Waals surface area contributed by atoms with Crippen LogP contribution < -0.4 is 5.73 Å². The van der Waals surface area contributed by atoms with E-state index in [0.29, 0.717) is 58.8 Å². The molecule has 0 aliphatic carbocycles. The largest absolute Gasteiger partial charge is 0.381 e. The standard InChI is InChI=1S/C18H23ClFN3O3.ClH/c19-13-1-2-14(15(20)11-13)16(24)22-5-7-23(8-6-22)17(25)18(12-21)3-9-26-10-4-18;/h1-2,11H,3-10,12,21H2;1H. The first kappa shape index (κ1) is 21.9. The third-order valence-corrected chi connectivity index (χ3v) is 5.55. The van der Waals surface area contributed by atoms with Gasteiger partial charge in [0.05, 0.1) is 11.0 Å². The highest BCUT2D eigenvalue weighted by Crippen LogP contribution is 2.32. The molecule has 27 heavy (non-hydrogen) atoms. The lowest BCUT2D eigenvalue weighted by Gasteiger charge is -2.42. The van der Waals surface area contributed by atoms with E-state index < -0.39 is 11.2 Å². The summed E-state index contributed by atoms with van der Waals surface area (Å²) in [4.78, 5) is 28.8. The van der Waals surface area contributed by atoms with Crippen LogP contribution in [0, 0.1) is 11.2 Å². The second kappa shape index (κ2) is 9.19. The lowest BCUT2D eigenvalue weighted by Crippen LogP contribution is -2.57. The maximum atomic E-state index is 14.0. The van der Waals surface area contributed by atoms with E-state index in [1.807, 2.05) is 0 Å². The molecule has 2 fully saturated rings. The number of hydrogen-bond acceptors (Lipinski definition) is 4. The summed E-state index contributed by atoms with van der Waals surface area (Å²) in [5.41, 5.74) is 5.34. The van der Waals surface area contributed by atoms with Gasteiger partial charge in [-0.15, -0.1) is 12.4 Å². The topological polar surface area (TPSA) is 75.9 Å². The SMILES string of the molecule is Cl.NCC1(C(=O)N2CCN(C(=O)c3ccc(Cl)cc3F)CC2)CCOCC1. The number of rotatable bonds is 3. The van der Waals surface area contributed by atoms with Crippen molar-refractivity contribution >= 4 is 35.8 Å². The molecule has 0 unspecified atom stereocenters. The minimum absolute atomic E-state index is 0. The summed E-state index contributed by atoms with van der Waals surface area (Å²) in [5.74, 6) is -0.982. The second-order valence-electron chi connectivity index (χ2n) is 6.81. The summed E-state index contributed by atoms with van der Waals surface area (Å²) in [6.07, 6.45) is 1.24. The Hall–Kier alpha value is -1.41.